The minimum Gasteiger partial charge on any atom is -0.384 e. The first kappa shape index (κ1) is 12.3. The maximum Gasteiger partial charge on any atom is 0.0419 e. The average Bonchev–Trinajstić information content (AvgIpc) is 3.00. The molecule has 19 heavy (non-hydrogen) atoms. The zero-order valence-corrected chi connectivity index (χ0v) is 11.3. The summed E-state index contributed by atoms with van der Waals surface area (Å²) in [4.78, 5) is 0. The van der Waals surface area contributed by atoms with Crippen LogP contribution in [0, 0.1) is 5.92 Å². The third kappa shape index (κ3) is 2.98. The molecule has 0 aliphatic heterocycles. The number of rotatable bonds is 4. The molecule has 0 aromatic heterocycles. The highest BCUT2D eigenvalue weighted by atomic mass is 14.9. The van der Waals surface area contributed by atoms with Gasteiger partial charge in [-0.25, -0.2) is 0 Å². The molecule has 1 N–H and O–H groups in total. The van der Waals surface area contributed by atoms with Crippen molar-refractivity contribution in [3.05, 3.63) is 54.6 Å². The van der Waals surface area contributed by atoms with E-state index in [2.05, 4.69) is 59.9 Å². The van der Waals surface area contributed by atoms with Crippen molar-refractivity contribution < 1.29 is 0 Å². The Bertz CT molecular complexity index is 512. The summed E-state index contributed by atoms with van der Waals surface area (Å²) in [5, 5.41) is 3.65. The normalized spacial score (nSPS) is 15.6. The second-order valence-electron chi connectivity index (χ2n) is 5.44. The fourth-order valence-electron chi connectivity index (χ4n) is 2.98. The molecule has 0 amide bonds. The molecule has 0 saturated heterocycles. The van der Waals surface area contributed by atoms with E-state index in [1.807, 2.05) is 0 Å². The average molecular weight is 251 g/mol. The summed E-state index contributed by atoms with van der Waals surface area (Å²) < 4.78 is 0. The lowest BCUT2D eigenvalue weighted by atomic mass is 10.0. The molecule has 0 radical (unpaired) electrons. The van der Waals surface area contributed by atoms with Crippen LogP contribution in [0.5, 0.6) is 0 Å². The summed E-state index contributed by atoms with van der Waals surface area (Å²) in [7, 11) is 0. The first-order valence-electron chi connectivity index (χ1n) is 7.32. The second-order valence-corrected chi connectivity index (χ2v) is 5.44. The van der Waals surface area contributed by atoms with Crippen LogP contribution in [0.25, 0.3) is 11.1 Å². The van der Waals surface area contributed by atoms with Crippen molar-refractivity contribution >= 4 is 5.69 Å². The molecule has 2 aromatic rings. The molecule has 3 rings (SSSR count). The quantitative estimate of drug-likeness (QED) is 0.810. The molecular weight excluding hydrogens is 230 g/mol. The number of hydrogen-bond donors (Lipinski definition) is 1. The van der Waals surface area contributed by atoms with Crippen molar-refractivity contribution in [1.82, 2.24) is 0 Å². The van der Waals surface area contributed by atoms with Crippen LogP contribution in [0.3, 0.4) is 0 Å². The third-order valence-electron chi connectivity index (χ3n) is 4.07. The summed E-state index contributed by atoms with van der Waals surface area (Å²) in [5.74, 6) is 0.865. The molecule has 0 heterocycles. The third-order valence-corrected chi connectivity index (χ3v) is 4.07. The van der Waals surface area contributed by atoms with E-state index in [9.17, 15) is 0 Å². The fourth-order valence-corrected chi connectivity index (χ4v) is 2.98. The van der Waals surface area contributed by atoms with Crippen LogP contribution >= 0.6 is 0 Å². The second kappa shape index (κ2) is 5.92. The van der Waals surface area contributed by atoms with E-state index >= 15 is 0 Å². The highest BCUT2D eigenvalue weighted by molar-refractivity contribution is 5.77. The van der Waals surface area contributed by atoms with Gasteiger partial charge in [-0.3, -0.25) is 0 Å². The topological polar surface area (TPSA) is 12.0 Å². The van der Waals surface area contributed by atoms with Crippen LogP contribution in [0.15, 0.2) is 54.6 Å². The Morgan fingerprint density at radius 2 is 1.53 bits per heavy atom. The van der Waals surface area contributed by atoms with Gasteiger partial charge in [-0.15, -0.1) is 0 Å². The first-order chi connectivity index (χ1) is 9.43. The van der Waals surface area contributed by atoms with E-state index < -0.39 is 0 Å². The zero-order valence-electron chi connectivity index (χ0n) is 11.3. The van der Waals surface area contributed by atoms with Gasteiger partial charge in [0.15, 0.2) is 0 Å². The smallest absolute Gasteiger partial charge is 0.0419 e. The molecule has 0 unspecified atom stereocenters. The van der Waals surface area contributed by atoms with Gasteiger partial charge in [-0.05, 0) is 30.4 Å². The van der Waals surface area contributed by atoms with Gasteiger partial charge in [0.05, 0.1) is 0 Å². The molecule has 2 aromatic carbocycles. The van der Waals surface area contributed by atoms with E-state index in [1.165, 1.54) is 42.5 Å². The lowest BCUT2D eigenvalue weighted by Gasteiger charge is -2.15. The molecule has 0 bridgehead atoms. The number of para-hydroxylation sites is 1. The molecule has 1 fully saturated rings. The van der Waals surface area contributed by atoms with Crippen LogP contribution in [0.4, 0.5) is 5.69 Å². The molecule has 1 heteroatoms. The number of benzene rings is 2. The van der Waals surface area contributed by atoms with E-state index in [1.54, 1.807) is 0 Å². The summed E-state index contributed by atoms with van der Waals surface area (Å²) in [6, 6.07) is 19.2. The zero-order chi connectivity index (χ0) is 12.9. The van der Waals surface area contributed by atoms with Crippen molar-refractivity contribution in [2.45, 2.75) is 25.7 Å². The Kier molecular flexibility index (Phi) is 3.83. The van der Waals surface area contributed by atoms with E-state index in [0.717, 1.165) is 12.5 Å². The minimum absolute atomic E-state index is 0.865. The van der Waals surface area contributed by atoms with E-state index in [0.29, 0.717) is 0 Å². The Morgan fingerprint density at radius 1 is 0.842 bits per heavy atom. The van der Waals surface area contributed by atoms with Crippen LogP contribution in [0.2, 0.25) is 0 Å². The lowest BCUT2D eigenvalue weighted by molar-refractivity contribution is 0.580. The van der Waals surface area contributed by atoms with Gasteiger partial charge in [0.25, 0.3) is 0 Å². The maximum atomic E-state index is 3.65. The van der Waals surface area contributed by atoms with Gasteiger partial charge in [0, 0.05) is 17.8 Å². The van der Waals surface area contributed by atoms with Crippen molar-refractivity contribution in [2.24, 2.45) is 5.92 Å². The molecule has 98 valence electrons. The van der Waals surface area contributed by atoms with Crippen LogP contribution in [0.1, 0.15) is 25.7 Å². The van der Waals surface area contributed by atoms with Gasteiger partial charge in [-0.1, -0.05) is 61.4 Å². The van der Waals surface area contributed by atoms with Gasteiger partial charge in [0.2, 0.25) is 0 Å². The largest absolute Gasteiger partial charge is 0.384 e. The van der Waals surface area contributed by atoms with Crippen molar-refractivity contribution in [1.29, 1.82) is 0 Å². The molecular formula is C18H21N. The van der Waals surface area contributed by atoms with Gasteiger partial charge in [0.1, 0.15) is 0 Å². The van der Waals surface area contributed by atoms with E-state index in [4.69, 9.17) is 0 Å². The van der Waals surface area contributed by atoms with Crippen LogP contribution in [-0.2, 0) is 0 Å². The number of hydrogen-bond acceptors (Lipinski definition) is 1. The van der Waals surface area contributed by atoms with Crippen LogP contribution in [-0.4, -0.2) is 6.54 Å². The van der Waals surface area contributed by atoms with Gasteiger partial charge >= 0.3 is 0 Å². The van der Waals surface area contributed by atoms with Crippen molar-refractivity contribution in [3.63, 3.8) is 0 Å². The minimum atomic E-state index is 0.865. The number of nitrogens with one attached hydrogen (secondary N) is 1. The van der Waals surface area contributed by atoms with Crippen molar-refractivity contribution in [2.75, 3.05) is 11.9 Å². The molecule has 0 atom stereocenters. The number of anilines is 1. The van der Waals surface area contributed by atoms with Crippen LogP contribution < -0.4 is 5.32 Å². The Balaban J connectivity index is 1.77. The lowest BCUT2D eigenvalue weighted by Crippen LogP contribution is -2.11. The van der Waals surface area contributed by atoms with Gasteiger partial charge < -0.3 is 5.32 Å². The predicted molar refractivity (Wildman–Crippen MR) is 82.3 cm³/mol. The first-order valence-corrected chi connectivity index (χ1v) is 7.32. The van der Waals surface area contributed by atoms with E-state index in [-0.39, 0.29) is 0 Å². The molecule has 0 spiro atoms. The Hall–Kier alpha value is -1.76. The summed E-state index contributed by atoms with van der Waals surface area (Å²) in [5.41, 5.74) is 3.86. The highest BCUT2D eigenvalue weighted by Crippen LogP contribution is 2.29. The molecule has 1 nitrogen and oxygen atoms in total. The fraction of sp³-hybridized carbons (Fsp3) is 0.333. The SMILES string of the molecule is c1ccc(-c2ccccc2NCC2CCCC2)cc1. The monoisotopic (exact) mass is 251 g/mol. The molecule has 1 aliphatic rings. The maximum absolute atomic E-state index is 3.65. The Labute approximate surface area is 115 Å². The summed E-state index contributed by atoms with van der Waals surface area (Å²) >= 11 is 0. The molecule has 1 saturated carbocycles. The predicted octanol–water partition coefficient (Wildman–Crippen LogP) is 4.96. The van der Waals surface area contributed by atoms with Gasteiger partial charge in [-0.2, -0.15) is 0 Å². The van der Waals surface area contributed by atoms with Crippen molar-refractivity contribution in [3.8, 4) is 11.1 Å². The molecule has 1 aliphatic carbocycles. The standard InChI is InChI=1S/C18H21N/c1-2-10-16(11-3-1)17-12-6-7-13-18(17)19-14-15-8-4-5-9-15/h1-3,6-7,10-13,15,19H,4-5,8-9,14H2. The Morgan fingerprint density at radius 3 is 2.32 bits per heavy atom. The highest BCUT2D eigenvalue weighted by Gasteiger charge is 2.15. The summed E-state index contributed by atoms with van der Waals surface area (Å²) in [6.45, 7) is 1.11. The summed E-state index contributed by atoms with van der Waals surface area (Å²) in [6.07, 6.45) is 5.60.